The molecule has 124 valence electrons. The van der Waals surface area contributed by atoms with Crippen LogP contribution < -0.4 is 14.8 Å². The van der Waals surface area contributed by atoms with Gasteiger partial charge in [0.05, 0.1) is 5.39 Å². The fourth-order valence-electron chi connectivity index (χ4n) is 2.72. The third kappa shape index (κ3) is 2.78. The minimum Gasteiger partial charge on any atom is -0.454 e. The maximum Gasteiger partial charge on any atom is 0.231 e. The molecule has 4 rings (SSSR count). The van der Waals surface area contributed by atoms with Crippen LogP contribution in [0.4, 0.5) is 5.82 Å². The van der Waals surface area contributed by atoms with E-state index < -0.39 is 0 Å². The van der Waals surface area contributed by atoms with Crippen LogP contribution in [0.15, 0.2) is 24.3 Å². The highest BCUT2D eigenvalue weighted by Gasteiger charge is 2.14. The smallest absolute Gasteiger partial charge is 0.231 e. The number of benzene rings is 1. The minimum atomic E-state index is 0.299. The Kier molecular flexibility index (Phi) is 3.98. The predicted molar refractivity (Wildman–Crippen MR) is 96.1 cm³/mol. The molecule has 0 amide bonds. The zero-order chi connectivity index (χ0) is 16.5. The summed E-state index contributed by atoms with van der Waals surface area (Å²) >= 11 is 1.75. The first kappa shape index (κ1) is 15.2. The number of nitrogens with zero attached hydrogens (tertiary/aromatic N) is 2. The largest absolute Gasteiger partial charge is 0.454 e. The molecule has 1 aliphatic heterocycles. The van der Waals surface area contributed by atoms with Crippen molar-refractivity contribution in [3.05, 3.63) is 40.5 Å². The number of hydrogen-bond acceptors (Lipinski definition) is 6. The van der Waals surface area contributed by atoms with E-state index in [1.165, 1.54) is 4.88 Å². The van der Waals surface area contributed by atoms with Crippen LogP contribution in [0, 0.1) is 0 Å². The van der Waals surface area contributed by atoms with Crippen molar-refractivity contribution in [2.45, 2.75) is 33.2 Å². The van der Waals surface area contributed by atoms with Crippen LogP contribution in [0.5, 0.6) is 11.5 Å². The Hall–Kier alpha value is -2.34. The lowest BCUT2D eigenvalue weighted by molar-refractivity contribution is 0.174. The Labute approximate surface area is 144 Å². The number of hydrogen-bond donors (Lipinski definition) is 1. The molecule has 0 saturated carbocycles. The van der Waals surface area contributed by atoms with Crippen molar-refractivity contribution in [3.8, 4) is 11.5 Å². The molecule has 0 aliphatic carbocycles. The molecule has 0 saturated heterocycles. The minimum absolute atomic E-state index is 0.299. The van der Waals surface area contributed by atoms with Crippen LogP contribution in [0.2, 0.25) is 0 Å². The average molecular weight is 341 g/mol. The van der Waals surface area contributed by atoms with Gasteiger partial charge in [-0.15, -0.1) is 11.3 Å². The molecule has 0 atom stereocenters. The predicted octanol–water partition coefficient (Wildman–Crippen LogP) is 4.16. The Morgan fingerprint density at radius 3 is 2.79 bits per heavy atom. The van der Waals surface area contributed by atoms with Crippen molar-refractivity contribution >= 4 is 27.4 Å². The number of ether oxygens (including phenoxy) is 2. The zero-order valence-electron chi connectivity index (χ0n) is 13.8. The highest BCUT2D eigenvalue weighted by atomic mass is 32.1. The highest BCUT2D eigenvalue weighted by Crippen LogP contribution is 2.33. The van der Waals surface area contributed by atoms with Gasteiger partial charge >= 0.3 is 0 Å². The first-order valence-corrected chi connectivity index (χ1v) is 9.00. The Morgan fingerprint density at radius 1 is 1.08 bits per heavy atom. The fraction of sp³-hybridized carbons (Fsp3) is 0.333. The lowest BCUT2D eigenvalue weighted by atomic mass is 10.2. The quantitative estimate of drug-likeness (QED) is 0.755. The lowest BCUT2D eigenvalue weighted by Gasteiger charge is -2.09. The summed E-state index contributed by atoms with van der Waals surface area (Å²) in [6, 6.07) is 8.21. The fourth-order valence-corrected chi connectivity index (χ4v) is 3.71. The maximum atomic E-state index is 5.44. The number of anilines is 1. The molecule has 1 aliphatic rings. The van der Waals surface area contributed by atoms with Gasteiger partial charge in [0.1, 0.15) is 16.5 Å². The zero-order valence-corrected chi connectivity index (χ0v) is 14.6. The van der Waals surface area contributed by atoms with Crippen LogP contribution in [0.25, 0.3) is 10.2 Å². The van der Waals surface area contributed by atoms with Crippen molar-refractivity contribution < 1.29 is 9.47 Å². The second kappa shape index (κ2) is 6.28. The van der Waals surface area contributed by atoms with Gasteiger partial charge in [-0.1, -0.05) is 19.9 Å². The van der Waals surface area contributed by atoms with Crippen molar-refractivity contribution in [1.82, 2.24) is 9.97 Å². The topological polar surface area (TPSA) is 56.3 Å². The third-order valence-electron chi connectivity index (χ3n) is 4.05. The molecule has 0 fully saturated rings. The van der Waals surface area contributed by atoms with Gasteiger partial charge in [-0.05, 0) is 30.2 Å². The summed E-state index contributed by atoms with van der Waals surface area (Å²) in [7, 11) is 0. The molecule has 24 heavy (non-hydrogen) atoms. The van der Waals surface area contributed by atoms with E-state index in [0.29, 0.717) is 13.3 Å². The average Bonchev–Trinajstić information content (AvgIpc) is 3.24. The Bertz CT molecular complexity index is 891. The molecule has 0 radical (unpaired) electrons. The van der Waals surface area contributed by atoms with Crippen LogP contribution in [-0.2, 0) is 19.4 Å². The molecule has 1 aromatic carbocycles. The van der Waals surface area contributed by atoms with Crippen LogP contribution in [0.1, 0.15) is 30.1 Å². The maximum absolute atomic E-state index is 5.44. The van der Waals surface area contributed by atoms with E-state index in [1.807, 2.05) is 18.2 Å². The van der Waals surface area contributed by atoms with Crippen molar-refractivity contribution in [2.75, 3.05) is 12.1 Å². The van der Waals surface area contributed by atoms with Gasteiger partial charge in [0, 0.05) is 17.8 Å². The van der Waals surface area contributed by atoms with E-state index in [-0.39, 0.29) is 0 Å². The number of fused-ring (bicyclic) bond motifs is 2. The summed E-state index contributed by atoms with van der Waals surface area (Å²) in [5.74, 6) is 3.40. The standard InChI is InChI=1S/C18H19N3O2S/c1-3-12-8-13-17(20-16(4-2)21-18(13)24-12)19-9-11-5-6-14-15(7-11)23-10-22-14/h5-8H,3-4,9-10H2,1-2H3,(H,19,20,21). The molecule has 1 N–H and O–H groups in total. The second-order valence-corrected chi connectivity index (χ2v) is 6.78. The molecule has 3 aromatic rings. The summed E-state index contributed by atoms with van der Waals surface area (Å²) in [6.07, 6.45) is 1.85. The van der Waals surface area contributed by atoms with Gasteiger partial charge < -0.3 is 14.8 Å². The number of aromatic nitrogens is 2. The molecule has 0 spiro atoms. The molecular weight excluding hydrogens is 322 g/mol. The van der Waals surface area contributed by atoms with Gasteiger partial charge in [0.15, 0.2) is 11.5 Å². The monoisotopic (exact) mass is 341 g/mol. The van der Waals surface area contributed by atoms with E-state index in [4.69, 9.17) is 9.47 Å². The number of aryl methyl sites for hydroxylation is 2. The highest BCUT2D eigenvalue weighted by molar-refractivity contribution is 7.18. The second-order valence-electron chi connectivity index (χ2n) is 5.67. The van der Waals surface area contributed by atoms with Crippen molar-refractivity contribution in [2.24, 2.45) is 0 Å². The van der Waals surface area contributed by atoms with Crippen LogP contribution in [0.3, 0.4) is 0 Å². The third-order valence-corrected chi connectivity index (χ3v) is 5.22. The SMILES string of the molecule is CCc1nc(NCc2ccc3c(c2)OCO3)c2cc(CC)sc2n1. The number of rotatable bonds is 5. The summed E-state index contributed by atoms with van der Waals surface area (Å²) in [4.78, 5) is 11.7. The molecule has 6 heteroatoms. The normalized spacial score (nSPS) is 12.8. The summed E-state index contributed by atoms with van der Waals surface area (Å²) in [5, 5.41) is 4.57. The Morgan fingerprint density at radius 2 is 1.96 bits per heavy atom. The summed E-state index contributed by atoms with van der Waals surface area (Å²) in [5.41, 5.74) is 1.13. The lowest BCUT2D eigenvalue weighted by Crippen LogP contribution is -2.04. The summed E-state index contributed by atoms with van der Waals surface area (Å²) in [6.45, 7) is 5.23. The molecule has 0 bridgehead atoms. The molecule has 5 nitrogen and oxygen atoms in total. The van der Waals surface area contributed by atoms with Gasteiger partial charge in [0.25, 0.3) is 0 Å². The van der Waals surface area contributed by atoms with E-state index >= 15 is 0 Å². The van der Waals surface area contributed by atoms with Crippen LogP contribution in [-0.4, -0.2) is 16.8 Å². The van der Waals surface area contributed by atoms with E-state index in [9.17, 15) is 0 Å². The van der Waals surface area contributed by atoms with E-state index in [0.717, 1.165) is 51.8 Å². The number of nitrogens with one attached hydrogen (secondary N) is 1. The van der Waals surface area contributed by atoms with Crippen molar-refractivity contribution in [3.63, 3.8) is 0 Å². The van der Waals surface area contributed by atoms with E-state index in [2.05, 4.69) is 35.2 Å². The molecule has 3 heterocycles. The first-order chi connectivity index (χ1) is 11.8. The van der Waals surface area contributed by atoms with Gasteiger partial charge in [-0.2, -0.15) is 0 Å². The van der Waals surface area contributed by atoms with Crippen molar-refractivity contribution in [1.29, 1.82) is 0 Å². The van der Waals surface area contributed by atoms with E-state index in [1.54, 1.807) is 11.3 Å². The molecule has 2 aromatic heterocycles. The number of thiophene rings is 1. The summed E-state index contributed by atoms with van der Waals surface area (Å²) < 4.78 is 10.8. The van der Waals surface area contributed by atoms with Gasteiger partial charge in [0.2, 0.25) is 6.79 Å². The van der Waals surface area contributed by atoms with Gasteiger partial charge in [-0.25, -0.2) is 9.97 Å². The Balaban J connectivity index is 1.62. The van der Waals surface area contributed by atoms with Crippen LogP contribution >= 0.6 is 11.3 Å². The van der Waals surface area contributed by atoms with Gasteiger partial charge in [-0.3, -0.25) is 0 Å². The molecular formula is C18H19N3O2S. The first-order valence-electron chi connectivity index (χ1n) is 8.18. The molecule has 0 unspecified atom stereocenters.